The minimum Gasteiger partial charge on any atom is -0.329 e. The molecule has 1 aliphatic rings. The summed E-state index contributed by atoms with van der Waals surface area (Å²) in [4.78, 5) is 2.70. The van der Waals surface area contributed by atoms with E-state index in [0.717, 1.165) is 12.5 Å². The normalized spacial score (nSPS) is 25.7. The van der Waals surface area contributed by atoms with E-state index in [9.17, 15) is 0 Å². The Morgan fingerprint density at radius 3 is 2.17 bits per heavy atom. The fourth-order valence-electron chi connectivity index (χ4n) is 3.23. The molecule has 0 aromatic carbocycles. The van der Waals surface area contributed by atoms with E-state index in [1.807, 2.05) is 0 Å². The van der Waals surface area contributed by atoms with Crippen molar-refractivity contribution in [1.29, 1.82) is 0 Å². The van der Waals surface area contributed by atoms with Crippen LogP contribution < -0.4 is 5.73 Å². The van der Waals surface area contributed by atoms with Crippen molar-refractivity contribution in [2.24, 2.45) is 17.1 Å². The molecule has 0 aromatic rings. The smallest absolute Gasteiger partial charge is 0.0331 e. The quantitative estimate of drug-likeness (QED) is 0.784. The molecule has 0 radical (unpaired) electrons. The number of likely N-dealkylation sites (tertiary alicyclic amines) is 1. The van der Waals surface area contributed by atoms with Crippen LogP contribution >= 0.6 is 0 Å². The third kappa shape index (κ3) is 3.71. The standard InChI is InChI=1S/C16H34N2/c1-6-14(3)12-16(7-2,13-17)18-10-8-15(4,5)9-11-18/h14H,6-13,17H2,1-5H3. The van der Waals surface area contributed by atoms with Crippen LogP contribution in [0.2, 0.25) is 0 Å². The van der Waals surface area contributed by atoms with Crippen LogP contribution in [0.3, 0.4) is 0 Å². The Balaban J connectivity index is 2.72. The van der Waals surface area contributed by atoms with Crippen molar-refractivity contribution in [2.75, 3.05) is 19.6 Å². The van der Waals surface area contributed by atoms with Gasteiger partial charge in [0.05, 0.1) is 0 Å². The highest BCUT2D eigenvalue weighted by Crippen LogP contribution is 2.36. The zero-order chi connectivity index (χ0) is 13.8. The number of hydrogen-bond acceptors (Lipinski definition) is 2. The summed E-state index contributed by atoms with van der Waals surface area (Å²) in [5.74, 6) is 0.781. The van der Waals surface area contributed by atoms with Gasteiger partial charge in [-0.3, -0.25) is 4.90 Å². The summed E-state index contributed by atoms with van der Waals surface area (Å²) in [6.45, 7) is 15.0. The topological polar surface area (TPSA) is 29.3 Å². The van der Waals surface area contributed by atoms with Crippen molar-refractivity contribution in [3.8, 4) is 0 Å². The molecule has 1 aliphatic heterocycles. The summed E-state index contributed by atoms with van der Waals surface area (Å²) >= 11 is 0. The van der Waals surface area contributed by atoms with Crippen molar-refractivity contribution in [3.05, 3.63) is 0 Å². The first-order valence-corrected chi connectivity index (χ1v) is 7.84. The largest absolute Gasteiger partial charge is 0.329 e. The molecule has 1 heterocycles. The zero-order valence-electron chi connectivity index (χ0n) is 13.3. The van der Waals surface area contributed by atoms with E-state index in [0.29, 0.717) is 5.41 Å². The van der Waals surface area contributed by atoms with Crippen molar-refractivity contribution in [3.63, 3.8) is 0 Å². The maximum absolute atomic E-state index is 6.18. The van der Waals surface area contributed by atoms with Gasteiger partial charge in [-0.2, -0.15) is 0 Å². The van der Waals surface area contributed by atoms with Gasteiger partial charge in [0.2, 0.25) is 0 Å². The van der Waals surface area contributed by atoms with Crippen LogP contribution in [-0.2, 0) is 0 Å². The van der Waals surface area contributed by atoms with E-state index in [4.69, 9.17) is 5.73 Å². The minimum atomic E-state index is 0.256. The molecule has 0 aliphatic carbocycles. The molecule has 1 saturated heterocycles. The predicted octanol–water partition coefficient (Wildman–Crippen LogP) is 3.65. The van der Waals surface area contributed by atoms with Gasteiger partial charge in [-0.25, -0.2) is 0 Å². The van der Waals surface area contributed by atoms with Crippen LogP contribution in [0.1, 0.15) is 66.7 Å². The highest BCUT2D eigenvalue weighted by Gasteiger charge is 2.38. The molecular formula is C16H34N2. The van der Waals surface area contributed by atoms with Crippen molar-refractivity contribution >= 4 is 0 Å². The second kappa shape index (κ2) is 6.38. The number of nitrogens with zero attached hydrogens (tertiary/aromatic N) is 1. The second-order valence-corrected chi connectivity index (χ2v) is 7.15. The molecule has 2 atom stereocenters. The first kappa shape index (κ1) is 16.0. The molecule has 0 spiro atoms. The summed E-state index contributed by atoms with van der Waals surface area (Å²) < 4.78 is 0. The van der Waals surface area contributed by atoms with Crippen LogP contribution in [-0.4, -0.2) is 30.1 Å². The molecule has 0 aromatic heterocycles. The first-order chi connectivity index (χ1) is 8.39. The number of piperidine rings is 1. The lowest BCUT2D eigenvalue weighted by Crippen LogP contribution is -2.57. The van der Waals surface area contributed by atoms with Crippen LogP contribution in [0.15, 0.2) is 0 Å². The molecule has 1 rings (SSSR count). The highest BCUT2D eigenvalue weighted by atomic mass is 15.2. The van der Waals surface area contributed by atoms with Crippen molar-refractivity contribution in [2.45, 2.75) is 72.3 Å². The molecule has 2 unspecified atom stereocenters. The van der Waals surface area contributed by atoms with E-state index in [1.54, 1.807) is 0 Å². The lowest BCUT2D eigenvalue weighted by molar-refractivity contribution is 0.0152. The lowest BCUT2D eigenvalue weighted by atomic mass is 9.77. The number of nitrogens with two attached hydrogens (primary N) is 1. The maximum atomic E-state index is 6.18. The van der Waals surface area contributed by atoms with Crippen LogP contribution in [0.5, 0.6) is 0 Å². The van der Waals surface area contributed by atoms with Gasteiger partial charge in [0.25, 0.3) is 0 Å². The molecule has 18 heavy (non-hydrogen) atoms. The van der Waals surface area contributed by atoms with Gasteiger partial charge >= 0.3 is 0 Å². The Morgan fingerprint density at radius 2 is 1.78 bits per heavy atom. The molecule has 0 saturated carbocycles. The van der Waals surface area contributed by atoms with E-state index in [2.05, 4.69) is 39.5 Å². The van der Waals surface area contributed by atoms with Crippen molar-refractivity contribution in [1.82, 2.24) is 4.90 Å². The van der Waals surface area contributed by atoms with Gasteiger partial charge in [-0.05, 0) is 50.1 Å². The third-order valence-corrected chi connectivity index (χ3v) is 5.25. The van der Waals surface area contributed by atoms with E-state index in [-0.39, 0.29) is 5.54 Å². The summed E-state index contributed by atoms with van der Waals surface area (Å²) in [5.41, 5.74) is 6.96. The Bertz CT molecular complexity index is 233. The van der Waals surface area contributed by atoms with E-state index >= 15 is 0 Å². The van der Waals surface area contributed by atoms with Crippen molar-refractivity contribution < 1.29 is 0 Å². The maximum Gasteiger partial charge on any atom is 0.0331 e. The van der Waals surface area contributed by atoms with Gasteiger partial charge in [-0.1, -0.05) is 41.0 Å². The highest BCUT2D eigenvalue weighted by molar-refractivity contribution is 4.95. The molecule has 2 nitrogen and oxygen atoms in total. The Morgan fingerprint density at radius 1 is 1.22 bits per heavy atom. The van der Waals surface area contributed by atoms with Crippen LogP contribution in [0.25, 0.3) is 0 Å². The third-order valence-electron chi connectivity index (χ3n) is 5.25. The molecule has 2 N–H and O–H groups in total. The Labute approximate surface area is 114 Å². The fourth-order valence-corrected chi connectivity index (χ4v) is 3.23. The average Bonchev–Trinajstić information content (AvgIpc) is 2.36. The summed E-state index contributed by atoms with van der Waals surface area (Å²) in [6, 6.07) is 0. The second-order valence-electron chi connectivity index (χ2n) is 7.15. The molecular weight excluding hydrogens is 220 g/mol. The fraction of sp³-hybridized carbons (Fsp3) is 1.00. The number of hydrogen-bond donors (Lipinski definition) is 1. The summed E-state index contributed by atoms with van der Waals surface area (Å²) in [6.07, 6.45) is 6.34. The SMILES string of the molecule is CCC(C)CC(CC)(CN)N1CCC(C)(C)CC1. The summed E-state index contributed by atoms with van der Waals surface area (Å²) in [5, 5.41) is 0. The Kier molecular flexibility index (Phi) is 5.67. The predicted molar refractivity (Wildman–Crippen MR) is 80.7 cm³/mol. The van der Waals surface area contributed by atoms with Gasteiger partial charge in [-0.15, -0.1) is 0 Å². The molecule has 108 valence electrons. The first-order valence-electron chi connectivity index (χ1n) is 7.84. The molecule has 2 heteroatoms. The van der Waals surface area contributed by atoms with E-state index in [1.165, 1.54) is 45.2 Å². The molecule has 1 fully saturated rings. The van der Waals surface area contributed by atoms with Gasteiger partial charge in [0.15, 0.2) is 0 Å². The van der Waals surface area contributed by atoms with Gasteiger partial charge in [0.1, 0.15) is 0 Å². The van der Waals surface area contributed by atoms with E-state index < -0.39 is 0 Å². The van der Waals surface area contributed by atoms with Crippen LogP contribution in [0, 0.1) is 11.3 Å². The Hall–Kier alpha value is -0.0800. The van der Waals surface area contributed by atoms with Gasteiger partial charge < -0.3 is 5.73 Å². The summed E-state index contributed by atoms with van der Waals surface area (Å²) in [7, 11) is 0. The zero-order valence-corrected chi connectivity index (χ0v) is 13.3. The van der Waals surface area contributed by atoms with Crippen LogP contribution in [0.4, 0.5) is 0 Å². The average molecular weight is 254 g/mol. The van der Waals surface area contributed by atoms with Gasteiger partial charge in [0, 0.05) is 12.1 Å². The number of rotatable bonds is 6. The molecule has 0 amide bonds. The molecule has 0 bridgehead atoms. The monoisotopic (exact) mass is 254 g/mol. The lowest BCUT2D eigenvalue weighted by Gasteiger charge is -2.49. The minimum absolute atomic E-state index is 0.256.